The molecular weight excluding hydrogens is 547 g/mol. The summed E-state index contributed by atoms with van der Waals surface area (Å²) in [6.07, 6.45) is 1.74. The average molecular weight is 593 g/mol. The van der Waals surface area contributed by atoms with E-state index in [1.165, 1.54) is 18.1 Å². The lowest BCUT2D eigenvalue weighted by Gasteiger charge is -2.37. The number of aryl methyl sites for hydroxylation is 1. The second kappa shape index (κ2) is 11.5. The molecule has 0 radical (unpaired) electrons. The highest BCUT2D eigenvalue weighted by Crippen LogP contribution is 2.42. The lowest BCUT2D eigenvalue weighted by atomic mass is 10.1. The highest BCUT2D eigenvalue weighted by molar-refractivity contribution is 6.74. The number of hydrogen-bond acceptors (Lipinski definition) is 8. The van der Waals surface area contributed by atoms with E-state index in [1.807, 2.05) is 13.0 Å². The van der Waals surface area contributed by atoms with Gasteiger partial charge in [-0.05, 0) is 81.0 Å². The van der Waals surface area contributed by atoms with E-state index < -0.39 is 20.4 Å². The topological polar surface area (TPSA) is 84.9 Å². The minimum Gasteiger partial charge on any atom is -0.543 e. The molecule has 0 saturated carbocycles. The average Bonchev–Trinajstić information content (AvgIpc) is 3.31. The summed E-state index contributed by atoms with van der Waals surface area (Å²) in [5.41, 5.74) is 4.86. The number of benzene rings is 2. The van der Waals surface area contributed by atoms with Gasteiger partial charge in [0, 0.05) is 37.9 Å². The first kappa shape index (κ1) is 30.3. The predicted molar refractivity (Wildman–Crippen MR) is 172 cm³/mol. The Kier molecular flexibility index (Phi) is 8.28. The van der Waals surface area contributed by atoms with Crippen LogP contribution in [-0.4, -0.2) is 61.4 Å². The Labute approximate surface area is 250 Å². The van der Waals surface area contributed by atoms with Crippen molar-refractivity contribution in [1.29, 1.82) is 0 Å². The van der Waals surface area contributed by atoms with Gasteiger partial charge in [0.05, 0.1) is 28.3 Å². The highest BCUT2D eigenvalue weighted by atomic mass is 28.4. The lowest BCUT2D eigenvalue weighted by Crippen LogP contribution is -2.44. The maximum Gasteiger partial charge on any atom is 0.250 e. The fraction of sp³-hybridized carbons (Fsp3) is 0.469. The maximum absolute atomic E-state index is 15.3. The van der Waals surface area contributed by atoms with Gasteiger partial charge in [-0.2, -0.15) is 0 Å². The summed E-state index contributed by atoms with van der Waals surface area (Å²) in [6, 6.07) is 11.8. The van der Waals surface area contributed by atoms with Crippen LogP contribution in [-0.2, 0) is 6.54 Å². The predicted octanol–water partition coefficient (Wildman–Crippen LogP) is 6.95. The molecule has 2 atom stereocenters. The molecule has 10 heteroatoms. The van der Waals surface area contributed by atoms with Crippen molar-refractivity contribution in [2.45, 2.75) is 71.1 Å². The summed E-state index contributed by atoms with van der Waals surface area (Å²) in [7, 11) is 2.14. The molecule has 1 unspecified atom stereocenters. The Balaban J connectivity index is 1.39. The Morgan fingerprint density at radius 1 is 1.14 bits per heavy atom. The molecule has 1 saturated heterocycles. The Morgan fingerprint density at radius 2 is 1.90 bits per heavy atom. The minimum atomic E-state index is -2.14. The molecule has 0 amide bonds. The summed E-state index contributed by atoms with van der Waals surface area (Å²) >= 11 is 0. The molecule has 8 nitrogen and oxygen atoms in total. The van der Waals surface area contributed by atoms with E-state index in [0.29, 0.717) is 28.9 Å². The van der Waals surface area contributed by atoms with Crippen LogP contribution in [0.25, 0.3) is 0 Å². The van der Waals surface area contributed by atoms with Gasteiger partial charge in [-0.15, -0.1) is 0 Å². The van der Waals surface area contributed by atoms with Crippen LogP contribution >= 0.6 is 0 Å². The van der Waals surface area contributed by atoms with Crippen molar-refractivity contribution in [1.82, 2.24) is 14.8 Å². The number of hydrogen-bond donors (Lipinski definition) is 4. The van der Waals surface area contributed by atoms with Gasteiger partial charge >= 0.3 is 0 Å². The van der Waals surface area contributed by atoms with Crippen molar-refractivity contribution in [3.05, 3.63) is 65.1 Å². The van der Waals surface area contributed by atoms with Crippen molar-refractivity contribution in [2.24, 2.45) is 0 Å². The van der Waals surface area contributed by atoms with Crippen LogP contribution < -0.4 is 20.4 Å². The third-order valence-electron chi connectivity index (χ3n) is 8.98. The Bertz CT molecular complexity index is 1460. The van der Waals surface area contributed by atoms with E-state index in [2.05, 4.69) is 90.8 Å². The number of nitrogens with one attached hydrogen (secondary N) is 3. The summed E-state index contributed by atoms with van der Waals surface area (Å²) in [5, 5.41) is 21.2. The van der Waals surface area contributed by atoms with Crippen molar-refractivity contribution in [3.63, 3.8) is 0 Å². The number of rotatable bonds is 7. The molecule has 5 rings (SSSR count). The van der Waals surface area contributed by atoms with Crippen LogP contribution in [0.4, 0.5) is 33.0 Å². The standard InChI is InChI=1S/C32H45FN6O2Si/c1-20-15-23(33)26(17-28(20)41-42(7,8)32(2,3)4)35-25-11-13-34-30-29(25)31(40)37-27-16-21(9-10-24(27)36-30)18-39-14-12-22(19-39)38(5)6/h9-11,13,15-17,22,31,37,40H,12,14,18-19H2,1-8H3,(H2,34,35,36)/t22-,31?/m1/s1. The fourth-order valence-electron chi connectivity index (χ4n) is 5.29. The van der Waals surface area contributed by atoms with Gasteiger partial charge in [-0.25, -0.2) is 9.37 Å². The number of nitrogens with zero attached hydrogens (tertiary/aromatic N) is 3. The second-order valence-electron chi connectivity index (χ2n) is 13.4. The molecule has 1 aromatic heterocycles. The van der Waals surface area contributed by atoms with Crippen molar-refractivity contribution >= 4 is 36.9 Å². The molecule has 3 aromatic rings. The summed E-state index contributed by atoms with van der Waals surface area (Å²) in [4.78, 5) is 9.27. The molecule has 2 aliphatic heterocycles. The fourth-order valence-corrected chi connectivity index (χ4v) is 6.37. The van der Waals surface area contributed by atoms with Crippen LogP contribution in [0.5, 0.6) is 5.75 Å². The van der Waals surface area contributed by atoms with Gasteiger partial charge in [-0.1, -0.05) is 26.8 Å². The quantitative estimate of drug-likeness (QED) is 0.219. The molecule has 226 valence electrons. The maximum atomic E-state index is 15.3. The number of fused-ring (bicyclic) bond motifs is 2. The van der Waals surface area contributed by atoms with Crippen molar-refractivity contribution in [2.75, 3.05) is 43.1 Å². The Morgan fingerprint density at radius 3 is 2.60 bits per heavy atom. The molecule has 0 aliphatic carbocycles. The van der Waals surface area contributed by atoms with Crippen LogP contribution in [0, 0.1) is 12.7 Å². The SMILES string of the molecule is Cc1cc(F)c(Nc2ccnc3c2C(O)Nc2cc(CN4CC[C@@H](N(C)C)C4)ccc2N3)cc1O[Si](C)(C)C(C)(C)C. The smallest absolute Gasteiger partial charge is 0.250 e. The van der Waals surface area contributed by atoms with E-state index in [4.69, 9.17) is 4.43 Å². The number of aliphatic hydroxyl groups excluding tert-OH is 1. The van der Waals surface area contributed by atoms with E-state index in [-0.39, 0.29) is 10.7 Å². The van der Waals surface area contributed by atoms with Gasteiger partial charge in [0.1, 0.15) is 17.4 Å². The monoisotopic (exact) mass is 592 g/mol. The van der Waals surface area contributed by atoms with Gasteiger partial charge in [0.2, 0.25) is 8.32 Å². The first-order valence-corrected chi connectivity index (χ1v) is 17.6. The van der Waals surface area contributed by atoms with E-state index in [0.717, 1.165) is 36.6 Å². The van der Waals surface area contributed by atoms with Gasteiger partial charge in [-0.3, -0.25) is 4.90 Å². The van der Waals surface area contributed by atoms with Crippen LogP contribution in [0.2, 0.25) is 18.1 Å². The summed E-state index contributed by atoms with van der Waals surface area (Å²) < 4.78 is 21.8. The molecule has 2 aliphatic rings. The third-order valence-corrected chi connectivity index (χ3v) is 13.3. The van der Waals surface area contributed by atoms with Crippen molar-refractivity contribution in [3.8, 4) is 5.75 Å². The van der Waals surface area contributed by atoms with E-state index in [9.17, 15) is 5.11 Å². The second-order valence-corrected chi connectivity index (χ2v) is 18.1. The first-order valence-electron chi connectivity index (χ1n) is 14.7. The number of aliphatic hydroxyl groups is 1. The molecule has 2 aromatic carbocycles. The van der Waals surface area contributed by atoms with Crippen molar-refractivity contribution < 1.29 is 13.9 Å². The zero-order valence-corrected chi connectivity index (χ0v) is 27.1. The summed E-state index contributed by atoms with van der Waals surface area (Å²) in [6.45, 7) is 15.7. The largest absolute Gasteiger partial charge is 0.543 e. The zero-order chi connectivity index (χ0) is 30.4. The first-order chi connectivity index (χ1) is 19.7. The highest BCUT2D eigenvalue weighted by Gasteiger charge is 2.39. The molecule has 4 N–H and O–H groups in total. The summed E-state index contributed by atoms with van der Waals surface area (Å²) in [5.74, 6) is 0.776. The number of likely N-dealkylation sites (tertiary alicyclic amines) is 1. The van der Waals surface area contributed by atoms with E-state index in [1.54, 1.807) is 18.3 Å². The number of aromatic nitrogens is 1. The Hall–Kier alpha value is -3.18. The molecule has 0 spiro atoms. The van der Waals surface area contributed by atoms with Crippen LogP contribution in [0.1, 0.15) is 50.1 Å². The molecule has 42 heavy (non-hydrogen) atoms. The van der Waals surface area contributed by atoms with E-state index >= 15 is 4.39 Å². The van der Waals surface area contributed by atoms with Gasteiger partial charge in [0.25, 0.3) is 0 Å². The number of anilines is 5. The van der Waals surface area contributed by atoms with Gasteiger partial charge in [0.15, 0.2) is 6.23 Å². The van der Waals surface area contributed by atoms with Crippen LogP contribution in [0.15, 0.2) is 42.6 Å². The van der Waals surface area contributed by atoms with Gasteiger partial charge < -0.3 is 30.4 Å². The lowest BCUT2D eigenvalue weighted by molar-refractivity contribution is 0.210. The third kappa shape index (κ3) is 6.27. The van der Waals surface area contributed by atoms with Crippen LogP contribution in [0.3, 0.4) is 0 Å². The number of pyridine rings is 1. The number of halogens is 1. The minimum absolute atomic E-state index is 0.00325. The molecule has 1 fully saturated rings. The molecule has 0 bridgehead atoms. The molecule has 3 heterocycles. The zero-order valence-electron chi connectivity index (χ0n) is 26.1. The number of likely N-dealkylation sites (N-methyl/N-ethyl adjacent to an activating group) is 1. The normalized spacial score (nSPS) is 19.0. The molecular formula is C32H45FN6O2Si.